The lowest BCUT2D eigenvalue weighted by Gasteiger charge is -2.43. The standard InChI is InChI=1S/C41H49N3O7/c1-5-49-37(46)24-43-41(48)42-23-30-10-9-13-35(22-30)31-18-20-34(21-19-31)40-50-36(25-44(4)28(3)38(47)32-11-7-6-8-12-32)27(2)39(51-40)33-16-14-29(26-45)15-17-33/h6-22,27-28,36,38-40,45,47H,5,23-26H2,1-4H3,(H2,42,43,48)/t27-,28+,36+,38+,39+,40+/m1/s1. The van der Waals surface area contributed by atoms with E-state index in [0.29, 0.717) is 13.1 Å². The first-order valence-electron chi connectivity index (χ1n) is 17.5. The molecule has 0 aromatic heterocycles. The SMILES string of the molecule is CCOC(=O)CNC(=O)NCc1cccc(-c2ccc([C@H]3O[C@@H](CN(C)[C@@H](C)[C@H](O)c4ccccc4)[C@@H](C)[C@@H](c4ccc(CO)cc4)O3)cc2)c1. The summed E-state index contributed by atoms with van der Waals surface area (Å²) in [5.74, 6) is -0.493. The van der Waals surface area contributed by atoms with Gasteiger partial charge in [0.2, 0.25) is 0 Å². The second-order valence-corrected chi connectivity index (χ2v) is 13.0. The van der Waals surface area contributed by atoms with E-state index in [4.69, 9.17) is 14.2 Å². The number of aliphatic hydroxyl groups is 2. The highest BCUT2D eigenvalue weighted by Crippen LogP contribution is 2.42. The summed E-state index contributed by atoms with van der Waals surface area (Å²) in [6, 6.07) is 32.9. The number of aliphatic hydroxyl groups excluding tert-OH is 2. The normalized spacial score (nSPS) is 20.0. The number of rotatable bonds is 14. The molecule has 270 valence electrons. The molecule has 0 saturated carbocycles. The van der Waals surface area contributed by atoms with Crippen LogP contribution in [0.3, 0.4) is 0 Å². The van der Waals surface area contributed by atoms with Crippen molar-refractivity contribution in [3.8, 4) is 11.1 Å². The number of carbonyl (C=O) groups is 2. The number of esters is 1. The van der Waals surface area contributed by atoms with E-state index >= 15 is 0 Å². The van der Waals surface area contributed by atoms with Crippen molar-refractivity contribution < 1.29 is 34.0 Å². The van der Waals surface area contributed by atoms with Gasteiger partial charge in [-0.15, -0.1) is 0 Å². The van der Waals surface area contributed by atoms with Gasteiger partial charge >= 0.3 is 12.0 Å². The van der Waals surface area contributed by atoms with Crippen LogP contribution in [0.1, 0.15) is 67.1 Å². The van der Waals surface area contributed by atoms with Crippen molar-refractivity contribution >= 4 is 12.0 Å². The van der Waals surface area contributed by atoms with Gasteiger partial charge in [0, 0.05) is 30.6 Å². The Hall–Kier alpha value is -4.58. The molecule has 5 rings (SSSR count). The highest BCUT2D eigenvalue weighted by atomic mass is 16.7. The smallest absolute Gasteiger partial charge is 0.325 e. The van der Waals surface area contributed by atoms with Crippen molar-refractivity contribution in [3.63, 3.8) is 0 Å². The molecular weight excluding hydrogens is 646 g/mol. The summed E-state index contributed by atoms with van der Waals surface area (Å²) >= 11 is 0. The van der Waals surface area contributed by atoms with Crippen LogP contribution in [0.5, 0.6) is 0 Å². The third kappa shape index (κ3) is 10.0. The molecule has 4 aromatic rings. The zero-order chi connectivity index (χ0) is 36.3. The van der Waals surface area contributed by atoms with E-state index in [1.165, 1.54) is 0 Å². The van der Waals surface area contributed by atoms with Gasteiger partial charge in [-0.1, -0.05) is 104 Å². The topological polar surface area (TPSA) is 130 Å². The molecule has 6 atom stereocenters. The summed E-state index contributed by atoms with van der Waals surface area (Å²) in [4.78, 5) is 25.8. The molecule has 1 aliphatic rings. The molecule has 0 radical (unpaired) electrons. The summed E-state index contributed by atoms with van der Waals surface area (Å²) in [5, 5.41) is 26.0. The molecule has 0 spiro atoms. The van der Waals surface area contributed by atoms with Crippen LogP contribution < -0.4 is 10.6 Å². The number of hydrogen-bond donors (Lipinski definition) is 4. The molecule has 51 heavy (non-hydrogen) atoms. The minimum atomic E-state index is -0.653. The minimum absolute atomic E-state index is 0.00684. The van der Waals surface area contributed by atoms with Crippen LogP contribution in [0.4, 0.5) is 4.79 Å². The fourth-order valence-electron chi connectivity index (χ4n) is 6.25. The third-order valence-electron chi connectivity index (χ3n) is 9.48. The number of hydrogen-bond acceptors (Lipinski definition) is 8. The molecule has 4 N–H and O–H groups in total. The van der Waals surface area contributed by atoms with Gasteiger partial charge in [0.25, 0.3) is 0 Å². The Morgan fingerprint density at radius 3 is 2.25 bits per heavy atom. The van der Waals surface area contributed by atoms with E-state index in [2.05, 4.69) is 22.5 Å². The highest BCUT2D eigenvalue weighted by molar-refractivity contribution is 5.80. The van der Waals surface area contributed by atoms with Gasteiger partial charge < -0.3 is 35.1 Å². The monoisotopic (exact) mass is 695 g/mol. The lowest BCUT2D eigenvalue weighted by molar-refractivity contribution is -0.276. The van der Waals surface area contributed by atoms with E-state index in [0.717, 1.165) is 38.9 Å². The van der Waals surface area contributed by atoms with Gasteiger partial charge in [0.15, 0.2) is 6.29 Å². The maximum atomic E-state index is 12.2. The third-order valence-corrected chi connectivity index (χ3v) is 9.48. The lowest BCUT2D eigenvalue weighted by Crippen LogP contribution is -2.46. The Kier molecular flexibility index (Phi) is 13.3. The average molecular weight is 696 g/mol. The number of amides is 2. The van der Waals surface area contributed by atoms with Gasteiger partial charge in [-0.25, -0.2) is 4.79 Å². The molecule has 10 heteroatoms. The molecule has 2 amide bonds. The first kappa shape index (κ1) is 37.7. The van der Waals surface area contributed by atoms with Crippen molar-refractivity contribution in [2.75, 3.05) is 26.7 Å². The van der Waals surface area contributed by atoms with Crippen LogP contribution in [0.2, 0.25) is 0 Å². The number of nitrogens with zero attached hydrogens (tertiary/aromatic N) is 1. The van der Waals surface area contributed by atoms with Gasteiger partial charge in [-0.05, 0) is 60.3 Å². The summed E-state index contributed by atoms with van der Waals surface area (Å²) in [5.41, 5.74) is 6.48. The predicted octanol–water partition coefficient (Wildman–Crippen LogP) is 6.05. The number of urea groups is 1. The molecule has 1 saturated heterocycles. The Labute approximate surface area is 300 Å². The second-order valence-electron chi connectivity index (χ2n) is 13.0. The van der Waals surface area contributed by atoms with Crippen LogP contribution in [0, 0.1) is 5.92 Å². The Balaban J connectivity index is 1.30. The number of ether oxygens (including phenoxy) is 3. The summed E-state index contributed by atoms with van der Waals surface area (Å²) in [6.07, 6.45) is -1.75. The molecular formula is C41H49N3O7. The van der Waals surface area contributed by atoms with Crippen molar-refractivity contribution in [2.45, 2.75) is 64.6 Å². The summed E-state index contributed by atoms with van der Waals surface area (Å²) in [6.45, 7) is 6.78. The van der Waals surface area contributed by atoms with E-state index in [9.17, 15) is 19.8 Å². The number of benzene rings is 4. The minimum Gasteiger partial charge on any atom is -0.465 e. The van der Waals surface area contributed by atoms with Crippen molar-refractivity contribution in [1.29, 1.82) is 0 Å². The van der Waals surface area contributed by atoms with Crippen LogP contribution in [0.25, 0.3) is 11.1 Å². The molecule has 1 heterocycles. The largest absolute Gasteiger partial charge is 0.465 e. The zero-order valence-corrected chi connectivity index (χ0v) is 29.7. The maximum absolute atomic E-state index is 12.2. The van der Waals surface area contributed by atoms with E-state index in [-0.39, 0.29) is 43.9 Å². The van der Waals surface area contributed by atoms with Crippen molar-refractivity contribution in [2.24, 2.45) is 5.92 Å². The Bertz CT molecular complexity index is 1700. The molecule has 0 bridgehead atoms. The van der Waals surface area contributed by atoms with Crippen LogP contribution >= 0.6 is 0 Å². The van der Waals surface area contributed by atoms with Crippen LogP contribution in [-0.2, 0) is 32.2 Å². The van der Waals surface area contributed by atoms with Gasteiger partial charge in [0.05, 0.1) is 31.5 Å². The molecule has 1 aliphatic heterocycles. The predicted molar refractivity (Wildman–Crippen MR) is 195 cm³/mol. The fraction of sp³-hybridized carbons (Fsp3) is 0.366. The Morgan fingerprint density at radius 1 is 0.863 bits per heavy atom. The van der Waals surface area contributed by atoms with Crippen molar-refractivity contribution in [1.82, 2.24) is 15.5 Å². The summed E-state index contributed by atoms with van der Waals surface area (Å²) < 4.78 is 18.2. The van der Waals surface area contributed by atoms with Crippen LogP contribution in [0.15, 0.2) is 103 Å². The van der Waals surface area contributed by atoms with E-state index in [1.807, 2.05) is 117 Å². The van der Waals surface area contributed by atoms with Gasteiger partial charge in [0.1, 0.15) is 6.54 Å². The molecule has 10 nitrogen and oxygen atoms in total. The number of likely N-dealkylation sites (N-methyl/N-ethyl adjacent to an activating group) is 1. The quantitative estimate of drug-likeness (QED) is 0.117. The number of nitrogens with one attached hydrogen (secondary N) is 2. The van der Waals surface area contributed by atoms with Crippen molar-refractivity contribution in [3.05, 3.63) is 131 Å². The molecule has 0 unspecified atom stereocenters. The molecule has 0 aliphatic carbocycles. The van der Waals surface area contributed by atoms with Gasteiger partial charge in [-0.2, -0.15) is 0 Å². The fourth-order valence-corrected chi connectivity index (χ4v) is 6.25. The van der Waals surface area contributed by atoms with E-state index < -0.39 is 24.4 Å². The maximum Gasteiger partial charge on any atom is 0.325 e. The van der Waals surface area contributed by atoms with Crippen LogP contribution in [-0.4, -0.2) is 66.0 Å². The van der Waals surface area contributed by atoms with E-state index in [1.54, 1.807) is 6.92 Å². The first-order chi connectivity index (χ1) is 24.7. The number of carbonyl (C=O) groups excluding carboxylic acids is 2. The molecule has 4 aromatic carbocycles. The molecule has 1 fully saturated rings. The average Bonchev–Trinajstić information content (AvgIpc) is 3.17. The summed E-state index contributed by atoms with van der Waals surface area (Å²) in [7, 11) is 2.01. The highest BCUT2D eigenvalue weighted by Gasteiger charge is 2.39. The van der Waals surface area contributed by atoms with Gasteiger partial charge in [-0.3, -0.25) is 9.69 Å². The first-order valence-corrected chi connectivity index (χ1v) is 17.5. The Morgan fingerprint density at radius 2 is 1.57 bits per heavy atom. The lowest BCUT2D eigenvalue weighted by atomic mass is 9.89. The zero-order valence-electron chi connectivity index (χ0n) is 29.7. The second kappa shape index (κ2) is 18.1.